The number of rotatable bonds is 7. The van der Waals surface area contributed by atoms with Crippen molar-refractivity contribution >= 4 is 16.9 Å². The number of aromatic carboxylic acids is 1. The maximum absolute atomic E-state index is 12.9. The van der Waals surface area contributed by atoms with Crippen molar-refractivity contribution in [3.63, 3.8) is 0 Å². The van der Waals surface area contributed by atoms with Crippen molar-refractivity contribution in [1.82, 2.24) is 0 Å². The molecule has 0 aliphatic carbocycles. The Morgan fingerprint density at radius 1 is 1.00 bits per heavy atom. The number of carbonyl (C=O) groups is 1. The van der Waals surface area contributed by atoms with Gasteiger partial charge in [-0.25, -0.2) is 4.79 Å². The molecule has 0 fully saturated rings. The Kier molecular flexibility index (Phi) is 6.22. The quantitative estimate of drug-likeness (QED) is 0.362. The van der Waals surface area contributed by atoms with Crippen molar-refractivity contribution in [1.29, 1.82) is 0 Å². The molecule has 0 spiro atoms. The molecule has 1 heterocycles. The highest BCUT2D eigenvalue weighted by atomic mass is 16.4. The summed E-state index contributed by atoms with van der Waals surface area (Å²) in [5, 5.41) is 10.0. The highest BCUT2D eigenvalue weighted by Crippen LogP contribution is 2.32. The van der Waals surface area contributed by atoms with E-state index in [0.717, 1.165) is 35.1 Å². The molecule has 0 aliphatic heterocycles. The van der Waals surface area contributed by atoms with Crippen molar-refractivity contribution in [2.24, 2.45) is 0 Å². The van der Waals surface area contributed by atoms with Crippen LogP contribution in [0.4, 0.5) is 0 Å². The zero-order chi connectivity index (χ0) is 22.7. The second kappa shape index (κ2) is 9.23. The molecule has 0 saturated heterocycles. The van der Waals surface area contributed by atoms with Crippen LogP contribution in [0.2, 0.25) is 0 Å². The summed E-state index contributed by atoms with van der Waals surface area (Å²) >= 11 is 0. The van der Waals surface area contributed by atoms with Crippen LogP contribution in [-0.2, 0) is 6.42 Å². The first-order valence-electron chi connectivity index (χ1n) is 10.9. The Morgan fingerprint density at radius 2 is 1.72 bits per heavy atom. The third-order valence-corrected chi connectivity index (χ3v) is 5.92. The average Bonchev–Trinajstić information content (AvgIpc) is 2.79. The van der Waals surface area contributed by atoms with Gasteiger partial charge in [-0.3, -0.25) is 4.79 Å². The van der Waals surface area contributed by atoms with E-state index in [0.29, 0.717) is 28.7 Å². The fourth-order valence-corrected chi connectivity index (χ4v) is 4.25. The Labute approximate surface area is 187 Å². The van der Waals surface area contributed by atoms with Gasteiger partial charge in [-0.1, -0.05) is 61.5 Å². The molecule has 4 nitrogen and oxygen atoms in total. The molecule has 0 bridgehead atoms. The van der Waals surface area contributed by atoms with E-state index < -0.39 is 5.97 Å². The Morgan fingerprint density at radius 3 is 2.47 bits per heavy atom. The molecule has 1 atom stereocenters. The lowest BCUT2D eigenvalue weighted by Gasteiger charge is -2.16. The van der Waals surface area contributed by atoms with Gasteiger partial charge in [-0.15, -0.1) is 0 Å². The van der Waals surface area contributed by atoms with Crippen LogP contribution >= 0.6 is 0 Å². The van der Waals surface area contributed by atoms with Crippen LogP contribution in [-0.4, -0.2) is 11.1 Å². The molecule has 4 heteroatoms. The van der Waals surface area contributed by atoms with Gasteiger partial charge in [0, 0.05) is 11.6 Å². The highest BCUT2D eigenvalue weighted by molar-refractivity contribution is 5.89. The molecule has 0 saturated carbocycles. The summed E-state index contributed by atoms with van der Waals surface area (Å²) in [6.07, 6.45) is 2.38. The summed E-state index contributed by atoms with van der Waals surface area (Å²) in [4.78, 5) is 24.3. The van der Waals surface area contributed by atoms with Gasteiger partial charge in [0.05, 0.1) is 10.9 Å². The van der Waals surface area contributed by atoms with Crippen LogP contribution < -0.4 is 5.43 Å². The molecule has 32 heavy (non-hydrogen) atoms. The molecule has 0 aliphatic rings. The summed E-state index contributed by atoms with van der Waals surface area (Å²) in [5.41, 5.74) is 4.71. The molecule has 4 aromatic rings. The summed E-state index contributed by atoms with van der Waals surface area (Å²) < 4.78 is 6.27. The molecular formula is C28H26O4. The van der Waals surface area contributed by atoms with Crippen LogP contribution in [0.3, 0.4) is 0 Å². The van der Waals surface area contributed by atoms with E-state index in [1.54, 1.807) is 18.2 Å². The summed E-state index contributed by atoms with van der Waals surface area (Å²) in [6.45, 7) is 4.12. The predicted molar refractivity (Wildman–Crippen MR) is 127 cm³/mol. The van der Waals surface area contributed by atoms with Gasteiger partial charge in [-0.2, -0.15) is 0 Å². The fourth-order valence-electron chi connectivity index (χ4n) is 4.25. The largest absolute Gasteiger partial charge is 0.478 e. The molecular weight excluding hydrogens is 400 g/mol. The summed E-state index contributed by atoms with van der Waals surface area (Å²) in [5.74, 6) is -0.173. The number of aryl methyl sites for hydroxylation is 2. The molecule has 162 valence electrons. The first-order chi connectivity index (χ1) is 15.4. The fraction of sp³-hybridized carbons (Fsp3) is 0.214. The molecule has 1 aromatic heterocycles. The highest BCUT2D eigenvalue weighted by Gasteiger charge is 2.17. The first kappa shape index (κ1) is 21.6. The number of hydrogen-bond acceptors (Lipinski definition) is 3. The van der Waals surface area contributed by atoms with Crippen LogP contribution in [0.15, 0.2) is 82.0 Å². The monoisotopic (exact) mass is 426 g/mol. The zero-order valence-corrected chi connectivity index (χ0v) is 18.3. The van der Waals surface area contributed by atoms with Gasteiger partial charge in [0.1, 0.15) is 11.3 Å². The molecule has 1 N–H and O–H groups in total. The Bertz CT molecular complexity index is 1320. The summed E-state index contributed by atoms with van der Waals surface area (Å²) in [6, 6.07) is 22.3. The normalized spacial score (nSPS) is 12.1. The lowest BCUT2D eigenvalue weighted by Crippen LogP contribution is -2.06. The third kappa shape index (κ3) is 4.50. The smallest absolute Gasteiger partial charge is 0.335 e. The van der Waals surface area contributed by atoms with Crippen LogP contribution in [0.5, 0.6) is 0 Å². The van der Waals surface area contributed by atoms with Crippen LogP contribution in [0, 0.1) is 6.92 Å². The van der Waals surface area contributed by atoms with E-state index in [1.165, 1.54) is 0 Å². The first-order valence-corrected chi connectivity index (χ1v) is 10.9. The minimum atomic E-state index is -0.895. The third-order valence-electron chi connectivity index (χ3n) is 5.92. The van der Waals surface area contributed by atoms with E-state index in [-0.39, 0.29) is 11.3 Å². The van der Waals surface area contributed by atoms with Crippen LogP contribution in [0.1, 0.15) is 52.7 Å². The molecule has 3 aromatic carbocycles. The van der Waals surface area contributed by atoms with E-state index in [4.69, 9.17) is 4.42 Å². The standard InChI is InChI=1S/C28H26O4/c1-18-15-23(19(2)9-8-13-20-10-6-7-14-22(20)28(30)31)27-24(16-18)25(29)17-26(32-27)21-11-4-3-5-12-21/h3-7,10-12,14-17,19H,8-9,13H2,1-2H3,(H,30,31). The van der Waals surface area contributed by atoms with Crippen molar-refractivity contribution < 1.29 is 14.3 Å². The molecule has 4 rings (SSSR count). The van der Waals surface area contributed by atoms with Gasteiger partial charge < -0.3 is 9.52 Å². The molecule has 0 amide bonds. The number of hydrogen-bond donors (Lipinski definition) is 1. The second-order valence-corrected chi connectivity index (χ2v) is 8.33. The average molecular weight is 427 g/mol. The van der Waals surface area contributed by atoms with E-state index in [1.807, 2.05) is 55.5 Å². The van der Waals surface area contributed by atoms with Crippen molar-refractivity contribution in [2.45, 2.75) is 39.0 Å². The minimum Gasteiger partial charge on any atom is -0.478 e. The molecule has 1 unspecified atom stereocenters. The Balaban J connectivity index is 1.64. The molecule has 0 radical (unpaired) electrons. The van der Waals surface area contributed by atoms with Crippen molar-refractivity contribution in [2.75, 3.05) is 0 Å². The van der Waals surface area contributed by atoms with E-state index in [2.05, 4.69) is 13.0 Å². The lowest BCUT2D eigenvalue weighted by atomic mass is 9.91. The topological polar surface area (TPSA) is 67.5 Å². The number of carboxylic acids is 1. The second-order valence-electron chi connectivity index (χ2n) is 8.33. The lowest BCUT2D eigenvalue weighted by molar-refractivity contribution is 0.0695. The van der Waals surface area contributed by atoms with Gasteiger partial charge in [-0.05, 0) is 60.9 Å². The summed E-state index contributed by atoms with van der Waals surface area (Å²) in [7, 11) is 0. The van der Waals surface area contributed by atoms with Gasteiger partial charge in [0.2, 0.25) is 0 Å². The van der Waals surface area contributed by atoms with E-state index in [9.17, 15) is 14.7 Å². The maximum atomic E-state index is 12.9. The van der Waals surface area contributed by atoms with Crippen LogP contribution in [0.25, 0.3) is 22.3 Å². The predicted octanol–water partition coefficient (Wildman–Crippen LogP) is 6.59. The number of fused-ring (bicyclic) bond motifs is 1. The van der Waals surface area contributed by atoms with Gasteiger partial charge >= 0.3 is 5.97 Å². The van der Waals surface area contributed by atoms with E-state index >= 15 is 0 Å². The number of benzene rings is 3. The number of carboxylic acid groups (broad SMARTS) is 1. The van der Waals surface area contributed by atoms with Crippen molar-refractivity contribution in [3.8, 4) is 11.3 Å². The van der Waals surface area contributed by atoms with Crippen molar-refractivity contribution in [3.05, 3.63) is 105 Å². The van der Waals surface area contributed by atoms with Gasteiger partial charge in [0.15, 0.2) is 5.43 Å². The SMILES string of the molecule is Cc1cc(C(C)CCCc2ccccc2C(=O)O)c2oc(-c3ccccc3)cc(=O)c2c1. The van der Waals surface area contributed by atoms with Gasteiger partial charge in [0.25, 0.3) is 0 Å². The minimum absolute atomic E-state index is 0.0439. The Hall–Kier alpha value is -3.66. The zero-order valence-electron chi connectivity index (χ0n) is 18.3. The maximum Gasteiger partial charge on any atom is 0.335 e.